The normalized spacial score (nSPS) is 14.5. The van der Waals surface area contributed by atoms with Crippen molar-refractivity contribution in [3.63, 3.8) is 0 Å². The van der Waals surface area contributed by atoms with Gasteiger partial charge in [-0.3, -0.25) is 9.59 Å². The zero-order valence-electron chi connectivity index (χ0n) is 11.5. The number of Topliss-reactive ketones (excluding diaryl/α,β-unsaturated/α-hetero) is 1. The molecule has 0 amide bonds. The van der Waals surface area contributed by atoms with Crippen LogP contribution in [0.25, 0.3) is 0 Å². The molecule has 0 aliphatic heterocycles. The van der Waals surface area contributed by atoms with E-state index in [1.54, 1.807) is 10.6 Å². The highest BCUT2D eigenvalue weighted by Gasteiger charge is 2.20. The molecule has 0 fully saturated rings. The Kier molecular flexibility index (Phi) is 4.91. The van der Waals surface area contributed by atoms with Crippen molar-refractivity contribution in [1.29, 1.82) is 0 Å². The maximum Gasteiger partial charge on any atom is 0.250 e. The van der Waals surface area contributed by atoms with E-state index in [2.05, 4.69) is 6.92 Å². The van der Waals surface area contributed by atoms with Crippen LogP contribution in [0.2, 0.25) is 0 Å². The number of ketones is 1. The third-order valence-corrected chi connectivity index (χ3v) is 3.51. The number of hydrogen-bond donors (Lipinski definition) is 0. The van der Waals surface area contributed by atoms with Gasteiger partial charge in [-0.05, 0) is 25.3 Å². The lowest BCUT2D eigenvalue weighted by molar-refractivity contribution is 0.0967. The lowest BCUT2D eigenvalue weighted by Crippen LogP contribution is -2.29. The summed E-state index contributed by atoms with van der Waals surface area (Å²) in [6.45, 7) is 3.93. The van der Waals surface area contributed by atoms with Crippen molar-refractivity contribution in [3.05, 3.63) is 33.7 Å². The zero-order chi connectivity index (χ0) is 13.7. The van der Waals surface area contributed by atoms with Crippen LogP contribution in [-0.4, -0.2) is 23.6 Å². The standard InChI is InChI=1S/C15H21NO3/c1-2-3-10-19-11-9-16-13-5-4-6-14(17)12(13)7-8-15(16)18/h7-8H,2-6,9-11H2,1H3. The highest BCUT2D eigenvalue weighted by Crippen LogP contribution is 2.19. The maximum atomic E-state index is 11.9. The van der Waals surface area contributed by atoms with Gasteiger partial charge in [0, 0.05) is 36.9 Å². The van der Waals surface area contributed by atoms with Gasteiger partial charge in [0.2, 0.25) is 0 Å². The molecule has 19 heavy (non-hydrogen) atoms. The largest absolute Gasteiger partial charge is 0.380 e. The summed E-state index contributed by atoms with van der Waals surface area (Å²) in [6.07, 6.45) is 4.39. The first-order valence-electron chi connectivity index (χ1n) is 7.07. The fourth-order valence-electron chi connectivity index (χ4n) is 2.44. The summed E-state index contributed by atoms with van der Waals surface area (Å²) in [5.41, 5.74) is 1.58. The Morgan fingerprint density at radius 3 is 2.84 bits per heavy atom. The lowest BCUT2D eigenvalue weighted by Gasteiger charge is -2.19. The number of pyridine rings is 1. The fraction of sp³-hybridized carbons (Fsp3) is 0.600. The molecule has 0 radical (unpaired) electrons. The Bertz CT molecular complexity index is 505. The fourth-order valence-corrected chi connectivity index (χ4v) is 2.44. The van der Waals surface area contributed by atoms with Crippen molar-refractivity contribution in [2.24, 2.45) is 0 Å². The van der Waals surface area contributed by atoms with Gasteiger partial charge < -0.3 is 9.30 Å². The van der Waals surface area contributed by atoms with Crippen LogP contribution in [0.5, 0.6) is 0 Å². The SMILES string of the molecule is CCCCOCCn1c2c(ccc1=O)C(=O)CCC2. The molecular formula is C15H21NO3. The summed E-state index contributed by atoms with van der Waals surface area (Å²) in [5.74, 6) is 0.155. The first-order valence-corrected chi connectivity index (χ1v) is 7.07. The number of fused-ring (bicyclic) bond motifs is 1. The molecule has 4 heteroatoms. The average molecular weight is 263 g/mol. The van der Waals surface area contributed by atoms with Crippen molar-refractivity contribution < 1.29 is 9.53 Å². The highest BCUT2D eigenvalue weighted by molar-refractivity contribution is 5.97. The molecule has 104 valence electrons. The topological polar surface area (TPSA) is 48.3 Å². The quantitative estimate of drug-likeness (QED) is 0.739. The Labute approximate surface area is 113 Å². The first kappa shape index (κ1) is 14.0. The Morgan fingerprint density at radius 2 is 2.05 bits per heavy atom. The van der Waals surface area contributed by atoms with Gasteiger partial charge in [-0.1, -0.05) is 13.3 Å². The van der Waals surface area contributed by atoms with Crippen molar-refractivity contribution in [1.82, 2.24) is 4.57 Å². The number of unbranched alkanes of at least 4 members (excludes halogenated alkanes) is 1. The predicted molar refractivity (Wildman–Crippen MR) is 73.7 cm³/mol. The van der Waals surface area contributed by atoms with Gasteiger partial charge in [-0.15, -0.1) is 0 Å². The van der Waals surface area contributed by atoms with Gasteiger partial charge in [0.1, 0.15) is 0 Å². The van der Waals surface area contributed by atoms with Crippen LogP contribution in [0.15, 0.2) is 16.9 Å². The molecule has 4 nitrogen and oxygen atoms in total. The summed E-state index contributed by atoms with van der Waals surface area (Å²) in [7, 11) is 0. The minimum Gasteiger partial charge on any atom is -0.380 e. The van der Waals surface area contributed by atoms with E-state index in [-0.39, 0.29) is 11.3 Å². The average Bonchev–Trinajstić information content (AvgIpc) is 2.41. The van der Waals surface area contributed by atoms with Crippen LogP contribution in [-0.2, 0) is 17.7 Å². The van der Waals surface area contributed by atoms with Gasteiger partial charge in [0.25, 0.3) is 5.56 Å². The van der Waals surface area contributed by atoms with E-state index in [1.165, 1.54) is 6.07 Å². The van der Waals surface area contributed by atoms with Crippen LogP contribution >= 0.6 is 0 Å². The number of rotatable bonds is 6. The monoisotopic (exact) mass is 263 g/mol. The summed E-state index contributed by atoms with van der Waals surface area (Å²) in [5, 5.41) is 0. The van der Waals surface area contributed by atoms with E-state index < -0.39 is 0 Å². The minimum atomic E-state index is -0.0347. The molecule has 0 saturated heterocycles. The summed E-state index contributed by atoms with van der Waals surface area (Å²) < 4.78 is 7.21. The molecule has 0 spiro atoms. The second kappa shape index (κ2) is 6.66. The van der Waals surface area contributed by atoms with Crippen LogP contribution < -0.4 is 5.56 Å². The number of aromatic nitrogens is 1. The smallest absolute Gasteiger partial charge is 0.250 e. The van der Waals surface area contributed by atoms with Crippen molar-refractivity contribution in [3.8, 4) is 0 Å². The number of carbonyl (C=O) groups excluding carboxylic acids is 1. The Morgan fingerprint density at radius 1 is 1.21 bits per heavy atom. The van der Waals surface area contributed by atoms with Crippen molar-refractivity contribution in [2.45, 2.75) is 45.6 Å². The van der Waals surface area contributed by atoms with Crippen molar-refractivity contribution in [2.75, 3.05) is 13.2 Å². The molecule has 0 N–H and O–H groups in total. The molecule has 0 unspecified atom stereocenters. The molecule has 1 aromatic rings. The van der Waals surface area contributed by atoms with E-state index >= 15 is 0 Å². The third-order valence-electron chi connectivity index (χ3n) is 3.51. The van der Waals surface area contributed by atoms with Gasteiger partial charge in [-0.2, -0.15) is 0 Å². The first-order chi connectivity index (χ1) is 9.24. The molecule has 0 bridgehead atoms. The van der Waals surface area contributed by atoms with E-state index in [4.69, 9.17) is 4.74 Å². The van der Waals surface area contributed by atoms with Gasteiger partial charge >= 0.3 is 0 Å². The van der Waals surface area contributed by atoms with E-state index in [1.807, 2.05) is 0 Å². The van der Waals surface area contributed by atoms with Crippen LogP contribution in [0, 0.1) is 0 Å². The Balaban J connectivity index is 2.09. The molecular weight excluding hydrogens is 242 g/mol. The van der Waals surface area contributed by atoms with Gasteiger partial charge in [0.05, 0.1) is 6.61 Å². The minimum absolute atomic E-state index is 0.0347. The van der Waals surface area contributed by atoms with Crippen LogP contribution in [0.3, 0.4) is 0 Å². The summed E-state index contributed by atoms with van der Waals surface area (Å²) >= 11 is 0. The van der Waals surface area contributed by atoms with E-state index in [0.29, 0.717) is 19.6 Å². The molecule has 1 aromatic heterocycles. The zero-order valence-corrected chi connectivity index (χ0v) is 11.5. The second-order valence-corrected chi connectivity index (χ2v) is 4.93. The number of carbonyl (C=O) groups is 1. The summed E-state index contributed by atoms with van der Waals surface area (Å²) in [6, 6.07) is 3.17. The van der Waals surface area contributed by atoms with Gasteiger partial charge in [-0.25, -0.2) is 0 Å². The van der Waals surface area contributed by atoms with Crippen LogP contribution in [0.1, 0.15) is 48.7 Å². The molecule has 2 rings (SSSR count). The molecule has 0 saturated carbocycles. The number of hydrogen-bond acceptors (Lipinski definition) is 3. The molecule has 1 aliphatic rings. The van der Waals surface area contributed by atoms with E-state index in [0.717, 1.165) is 43.5 Å². The molecule has 1 heterocycles. The maximum absolute atomic E-state index is 11.9. The molecule has 1 aliphatic carbocycles. The highest BCUT2D eigenvalue weighted by atomic mass is 16.5. The van der Waals surface area contributed by atoms with Gasteiger partial charge in [0.15, 0.2) is 5.78 Å². The number of nitrogens with zero attached hydrogens (tertiary/aromatic N) is 1. The predicted octanol–water partition coefficient (Wildman–Crippen LogP) is 2.18. The van der Waals surface area contributed by atoms with E-state index in [9.17, 15) is 9.59 Å². The Hall–Kier alpha value is -1.42. The second-order valence-electron chi connectivity index (χ2n) is 4.93. The third kappa shape index (κ3) is 3.32. The number of ether oxygens (including phenoxy) is 1. The molecule has 0 aromatic carbocycles. The summed E-state index contributed by atoms with van der Waals surface area (Å²) in [4.78, 5) is 23.7. The van der Waals surface area contributed by atoms with Crippen molar-refractivity contribution >= 4 is 5.78 Å². The molecule has 0 atom stereocenters. The van der Waals surface area contributed by atoms with Crippen LogP contribution in [0.4, 0.5) is 0 Å². The lowest BCUT2D eigenvalue weighted by atomic mass is 9.94.